The van der Waals surface area contributed by atoms with Crippen LogP contribution in [0.5, 0.6) is 11.5 Å². The Hall–Kier alpha value is -3.57. The molecule has 0 spiro atoms. The molecule has 5 heteroatoms. The summed E-state index contributed by atoms with van der Waals surface area (Å²) in [5, 5.41) is 9.47. The molecule has 4 rings (SSSR count). The van der Waals surface area contributed by atoms with E-state index in [4.69, 9.17) is 4.74 Å². The molecule has 0 heterocycles. The average Bonchev–Trinajstić information content (AvgIpc) is 2.80. The van der Waals surface area contributed by atoms with Crippen molar-refractivity contribution in [3.05, 3.63) is 108 Å². The van der Waals surface area contributed by atoms with Crippen LogP contribution in [0.3, 0.4) is 0 Å². The Balaban J connectivity index is 1.51. The van der Waals surface area contributed by atoms with Gasteiger partial charge in [0.05, 0.1) is 9.79 Å². The first-order chi connectivity index (χ1) is 15.6. The third-order valence-corrected chi connectivity index (χ3v) is 7.40. The molecule has 0 radical (unpaired) electrons. The number of rotatable bonds is 6. The molecule has 4 aromatic rings. The first-order valence-electron chi connectivity index (χ1n) is 10.7. The van der Waals surface area contributed by atoms with E-state index in [1.165, 1.54) is 0 Å². The molecular formula is C28H26O4S. The Bertz CT molecular complexity index is 1340. The Labute approximate surface area is 195 Å². The van der Waals surface area contributed by atoms with Crippen molar-refractivity contribution >= 4 is 9.84 Å². The molecule has 4 aromatic carbocycles. The van der Waals surface area contributed by atoms with Crippen LogP contribution in [0.2, 0.25) is 0 Å². The maximum absolute atomic E-state index is 12.9. The fourth-order valence-corrected chi connectivity index (χ4v) is 4.87. The fraction of sp³-hybridized carbons (Fsp3) is 0.143. The molecule has 168 valence electrons. The Morgan fingerprint density at radius 2 is 1.12 bits per heavy atom. The van der Waals surface area contributed by atoms with Gasteiger partial charge in [0, 0.05) is 0 Å². The highest BCUT2D eigenvalue weighted by atomic mass is 32.2. The molecular weight excluding hydrogens is 432 g/mol. The minimum absolute atomic E-state index is 0.231. The van der Waals surface area contributed by atoms with Crippen LogP contribution in [0.15, 0.2) is 107 Å². The van der Waals surface area contributed by atoms with Crippen LogP contribution >= 0.6 is 0 Å². The van der Waals surface area contributed by atoms with Gasteiger partial charge in [0.25, 0.3) is 0 Å². The molecule has 0 aliphatic carbocycles. The molecule has 4 nitrogen and oxygen atoms in total. The van der Waals surface area contributed by atoms with E-state index in [9.17, 15) is 13.5 Å². The monoisotopic (exact) mass is 458 g/mol. The smallest absolute Gasteiger partial charge is 0.206 e. The van der Waals surface area contributed by atoms with Gasteiger partial charge in [-0.1, -0.05) is 54.1 Å². The molecule has 33 heavy (non-hydrogen) atoms. The average molecular weight is 459 g/mol. The number of phenols is 1. The summed E-state index contributed by atoms with van der Waals surface area (Å²) in [4.78, 5) is 0.505. The lowest BCUT2D eigenvalue weighted by Gasteiger charge is -2.27. The summed E-state index contributed by atoms with van der Waals surface area (Å²) in [5.74, 6) is 0.827. The maximum atomic E-state index is 12.9. The van der Waals surface area contributed by atoms with Crippen molar-refractivity contribution in [1.82, 2.24) is 0 Å². The van der Waals surface area contributed by atoms with E-state index in [-0.39, 0.29) is 15.5 Å². The fourth-order valence-electron chi connectivity index (χ4n) is 3.61. The van der Waals surface area contributed by atoms with Gasteiger partial charge in [0.1, 0.15) is 17.1 Å². The third-order valence-electron chi connectivity index (χ3n) is 5.62. The Kier molecular flexibility index (Phi) is 6.00. The first kappa shape index (κ1) is 22.6. The summed E-state index contributed by atoms with van der Waals surface area (Å²) >= 11 is 0. The number of hydrogen-bond acceptors (Lipinski definition) is 4. The minimum atomic E-state index is -3.57. The van der Waals surface area contributed by atoms with Crippen molar-refractivity contribution in [2.75, 3.05) is 0 Å². The van der Waals surface area contributed by atoms with Crippen LogP contribution in [0.25, 0.3) is 11.1 Å². The SMILES string of the molecule is Cc1ccc(S(=O)(=O)c2ccc(OC(C)(C)c3ccc(-c4ccc(O)cc4)cc3)cc2)cc1. The van der Waals surface area contributed by atoms with Gasteiger partial charge < -0.3 is 9.84 Å². The van der Waals surface area contributed by atoms with Crippen molar-refractivity contribution in [3.63, 3.8) is 0 Å². The summed E-state index contributed by atoms with van der Waals surface area (Å²) in [6.45, 7) is 5.87. The number of hydrogen-bond donors (Lipinski definition) is 1. The number of sulfone groups is 1. The number of ether oxygens (including phenoxy) is 1. The van der Waals surface area contributed by atoms with E-state index in [2.05, 4.69) is 0 Å². The highest BCUT2D eigenvalue weighted by Gasteiger charge is 2.23. The first-order valence-corrected chi connectivity index (χ1v) is 12.1. The van der Waals surface area contributed by atoms with Crippen molar-refractivity contribution in [3.8, 4) is 22.6 Å². The third kappa shape index (κ3) is 4.94. The van der Waals surface area contributed by atoms with Crippen LogP contribution in [-0.4, -0.2) is 13.5 Å². The molecule has 0 aromatic heterocycles. The van der Waals surface area contributed by atoms with Crippen LogP contribution in [-0.2, 0) is 15.4 Å². The quantitative estimate of drug-likeness (QED) is 0.357. The van der Waals surface area contributed by atoms with Gasteiger partial charge in [0.15, 0.2) is 0 Å². The van der Waals surface area contributed by atoms with Gasteiger partial charge in [-0.25, -0.2) is 8.42 Å². The zero-order valence-electron chi connectivity index (χ0n) is 18.8. The second-order valence-electron chi connectivity index (χ2n) is 8.52. The molecule has 0 aliphatic heterocycles. The number of aromatic hydroxyl groups is 1. The molecule has 0 atom stereocenters. The predicted octanol–water partition coefficient (Wildman–Crippen LogP) is 6.51. The van der Waals surface area contributed by atoms with Gasteiger partial charge in [-0.2, -0.15) is 0 Å². The summed E-state index contributed by atoms with van der Waals surface area (Å²) in [7, 11) is -3.57. The van der Waals surface area contributed by atoms with Gasteiger partial charge in [0.2, 0.25) is 9.84 Å². The second-order valence-corrected chi connectivity index (χ2v) is 10.5. The standard InChI is InChI=1S/C28H26O4S/c1-20-4-16-26(17-5-20)33(30,31)27-18-14-25(15-19-27)32-28(2,3)23-10-6-21(7-11-23)22-8-12-24(29)13-9-22/h4-19,29H,1-3H3. The van der Waals surface area contributed by atoms with E-state index in [1.807, 2.05) is 57.2 Å². The topological polar surface area (TPSA) is 63.6 Å². The largest absolute Gasteiger partial charge is 0.508 e. The minimum Gasteiger partial charge on any atom is -0.508 e. The summed E-state index contributed by atoms with van der Waals surface area (Å²) in [6.07, 6.45) is 0. The molecule has 1 N–H and O–H groups in total. The molecule has 0 saturated carbocycles. The van der Waals surface area contributed by atoms with Crippen LogP contribution < -0.4 is 4.74 Å². The van der Waals surface area contributed by atoms with Crippen molar-refractivity contribution in [2.45, 2.75) is 36.2 Å². The Morgan fingerprint density at radius 1 is 0.667 bits per heavy atom. The van der Waals surface area contributed by atoms with E-state index in [0.717, 1.165) is 22.3 Å². The van der Waals surface area contributed by atoms with Gasteiger partial charge >= 0.3 is 0 Å². The molecule has 0 unspecified atom stereocenters. The van der Waals surface area contributed by atoms with Crippen molar-refractivity contribution in [1.29, 1.82) is 0 Å². The lowest BCUT2D eigenvalue weighted by molar-refractivity contribution is 0.109. The van der Waals surface area contributed by atoms with Crippen molar-refractivity contribution < 1.29 is 18.3 Å². The zero-order chi connectivity index (χ0) is 23.6. The molecule has 0 saturated heterocycles. The van der Waals surface area contributed by atoms with E-state index < -0.39 is 15.4 Å². The summed E-state index contributed by atoms with van der Waals surface area (Å²) in [6, 6.07) is 28.5. The maximum Gasteiger partial charge on any atom is 0.206 e. The summed E-state index contributed by atoms with van der Waals surface area (Å²) < 4.78 is 32.0. The Morgan fingerprint density at radius 3 is 1.64 bits per heavy atom. The van der Waals surface area contributed by atoms with Crippen LogP contribution in [0.4, 0.5) is 0 Å². The van der Waals surface area contributed by atoms with Gasteiger partial charge in [-0.15, -0.1) is 0 Å². The van der Waals surface area contributed by atoms with Crippen molar-refractivity contribution in [2.24, 2.45) is 0 Å². The second kappa shape index (κ2) is 8.75. The normalized spacial score (nSPS) is 11.8. The predicted molar refractivity (Wildman–Crippen MR) is 130 cm³/mol. The lowest BCUT2D eigenvalue weighted by atomic mass is 9.95. The number of benzene rings is 4. The lowest BCUT2D eigenvalue weighted by Crippen LogP contribution is -2.25. The van der Waals surface area contributed by atoms with E-state index >= 15 is 0 Å². The number of aryl methyl sites for hydroxylation is 1. The van der Waals surface area contributed by atoms with E-state index in [0.29, 0.717) is 5.75 Å². The van der Waals surface area contributed by atoms with E-state index in [1.54, 1.807) is 60.7 Å². The highest BCUT2D eigenvalue weighted by Crippen LogP contribution is 2.31. The summed E-state index contributed by atoms with van der Waals surface area (Å²) in [5.41, 5.74) is 3.44. The molecule has 0 bridgehead atoms. The number of phenolic OH excluding ortho intramolecular Hbond substituents is 1. The molecule has 0 aliphatic rings. The van der Waals surface area contributed by atoms with Crippen LogP contribution in [0.1, 0.15) is 25.0 Å². The molecule has 0 amide bonds. The van der Waals surface area contributed by atoms with Crippen LogP contribution in [0, 0.1) is 6.92 Å². The highest BCUT2D eigenvalue weighted by molar-refractivity contribution is 7.91. The molecule has 0 fully saturated rings. The van der Waals surface area contributed by atoms with Gasteiger partial charge in [-0.3, -0.25) is 0 Å². The zero-order valence-corrected chi connectivity index (χ0v) is 19.6. The van der Waals surface area contributed by atoms with Gasteiger partial charge in [-0.05, 0) is 86.0 Å².